The minimum atomic E-state index is -0.706. The number of hydrogen-bond donors (Lipinski definition) is 1. The van der Waals surface area contributed by atoms with Crippen LogP contribution in [0.2, 0.25) is 0 Å². The van der Waals surface area contributed by atoms with Crippen molar-refractivity contribution in [3.63, 3.8) is 0 Å². The molecule has 1 saturated carbocycles. The van der Waals surface area contributed by atoms with Gasteiger partial charge in [0.15, 0.2) is 0 Å². The van der Waals surface area contributed by atoms with Crippen molar-refractivity contribution >= 4 is 21.9 Å². The van der Waals surface area contributed by atoms with Crippen LogP contribution in [0.4, 0.5) is 0 Å². The molecule has 0 spiro atoms. The van der Waals surface area contributed by atoms with E-state index in [-0.39, 0.29) is 0 Å². The van der Waals surface area contributed by atoms with E-state index in [1.54, 1.807) is 0 Å². The second-order valence-corrected chi connectivity index (χ2v) is 4.72. The first-order chi connectivity index (χ1) is 6.56. The SMILES string of the molecule is Cc1ccc(C2(C(=O)O)CC2)c(Br)c1. The number of hydrogen-bond acceptors (Lipinski definition) is 1. The van der Waals surface area contributed by atoms with E-state index in [9.17, 15) is 4.79 Å². The van der Waals surface area contributed by atoms with E-state index < -0.39 is 11.4 Å². The molecule has 3 heteroatoms. The lowest BCUT2D eigenvalue weighted by atomic mass is 9.95. The van der Waals surface area contributed by atoms with Crippen molar-refractivity contribution in [2.24, 2.45) is 0 Å². The fraction of sp³-hybridized carbons (Fsp3) is 0.364. The van der Waals surface area contributed by atoms with Crippen LogP contribution in [0, 0.1) is 6.92 Å². The highest BCUT2D eigenvalue weighted by Gasteiger charge is 2.52. The van der Waals surface area contributed by atoms with Gasteiger partial charge in [-0.3, -0.25) is 4.79 Å². The molecule has 1 aliphatic rings. The summed E-state index contributed by atoms with van der Waals surface area (Å²) in [6, 6.07) is 5.85. The summed E-state index contributed by atoms with van der Waals surface area (Å²) in [6.45, 7) is 1.99. The molecular formula is C11H11BrO2. The Bertz CT molecular complexity index is 394. The van der Waals surface area contributed by atoms with Crippen LogP contribution in [0.1, 0.15) is 24.0 Å². The van der Waals surface area contributed by atoms with Gasteiger partial charge in [-0.15, -0.1) is 0 Å². The quantitative estimate of drug-likeness (QED) is 0.882. The van der Waals surface area contributed by atoms with E-state index >= 15 is 0 Å². The summed E-state index contributed by atoms with van der Waals surface area (Å²) >= 11 is 3.43. The van der Waals surface area contributed by atoms with Crippen LogP contribution in [0.5, 0.6) is 0 Å². The summed E-state index contributed by atoms with van der Waals surface area (Å²) < 4.78 is 0.914. The van der Waals surface area contributed by atoms with Gasteiger partial charge in [-0.2, -0.15) is 0 Å². The fourth-order valence-corrected chi connectivity index (χ4v) is 2.60. The lowest BCUT2D eigenvalue weighted by Crippen LogP contribution is -2.19. The van der Waals surface area contributed by atoms with Crippen LogP contribution < -0.4 is 0 Å². The third kappa shape index (κ3) is 1.36. The lowest BCUT2D eigenvalue weighted by Gasteiger charge is -2.12. The highest BCUT2D eigenvalue weighted by molar-refractivity contribution is 9.10. The van der Waals surface area contributed by atoms with E-state index in [4.69, 9.17) is 5.11 Å². The summed E-state index contributed by atoms with van der Waals surface area (Å²) in [5, 5.41) is 9.13. The van der Waals surface area contributed by atoms with Crippen LogP contribution in [0.25, 0.3) is 0 Å². The largest absolute Gasteiger partial charge is 0.481 e. The molecule has 2 nitrogen and oxygen atoms in total. The summed E-state index contributed by atoms with van der Waals surface area (Å²) in [5.74, 6) is -0.706. The molecule has 0 saturated heterocycles. The molecule has 2 rings (SSSR count). The van der Waals surface area contributed by atoms with Crippen LogP contribution in [0.3, 0.4) is 0 Å². The normalized spacial score (nSPS) is 17.9. The standard InChI is InChI=1S/C11H11BrO2/c1-7-2-3-8(9(12)6-7)11(4-5-11)10(13)14/h2-3,6H,4-5H2,1H3,(H,13,14). The third-order valence-corrected chi connectivity index (χ3v) is 3.46. The summed E-state index contributed by atoms with van der Waals surface area (Å²) in [6.07, 6.45) is 1.51. The summed E-state index contributed by atoms with van der Waals surface area (Å²) in [4.78, 5) is 11.1. The molecule has 1 N–H and O–H groups in total. The van der Waals surface area contributed by atoms with E-state index in [0.717, 1.165) is 28.4 Å². The second-order valence-electron chi connectivity index (χ2n) is 3.87. The topological polar surface area (TPSA) is 37.3 Å². The molecule has 0 aromatic heterocycles. The number of aliphatic carboxylic acids is 1. The van der Waals surface area contributed by atoms with Crippen molar-refractivity contribution < 1.29 is 9.90 Å². The molecule has 0 amide bonds. The Morgan fingerprint density at radius 1 is 1.50 bits per heavy atom. The molecule has 0 radical (unpaired) electrons. The van der Waals surface area contributed by atoms with Gasteiger partial charge in [0.2, 0.25) is 0 Å². The summed E-state index contributed by atoms with van der Waals surface area (Å²) in [5.41, 5.74) is 1.45. The Labute approximate surface area is 91.1 Å². The first kappa shape index (κ1) is 9.71. The van der Waals surface area contributed by atoms with Crippen molar-refractivity contribution in [1.29, 1.82) is 0 Å². The second kappa shape index (κ2) is 3.09. The molecule has 74 valence electrons. The van der Waals surface area contributed by atoms with Crippen molar-refractivity contribution in [1.82, 2.24) is 0 Å². The van der Waals surface area contributed by atoms with Crippen LogP contribution >= 0.6 is 15.9 Å². The first-order valence-corrected chi connectivity index (χ1v) is 5.35. The Kier molecular flexibility index (Phi) is 2.14. The van der Waals surface area contributed by atoms with Crippen molar-refractivity contribution in [2.45, 2.75) is 25.2 Å². The molecule has 0 bridgehead atoms. The van der Waals surface area contributed by atoms with Crippen molar-refractivity contribution in [3.8, 4) is 0 Å². The molecule has 14 heavy (non-hydrogen) atoms. The Balaban J connectivity index is 2.47. The molecule has 0 unspecified atom stereocenters. The number of carbonyl (C=O) groups is 1. The number of carboxylic acid groups (broad SMARTS) is 1. The first-order valence-electron chi connectivity index (χ1n) is 4.56. The predicted molar refractivity (Wildman–Crippen MR) is 57.4 cm³/mol. The molecule has 1 aromatic rings. The Hall–Kier alpha value is -0.830. The monoisotopic (exact) mass is 254 g/mol. The van der Waals surface area contributed by atoms with Crippen molar-refractivity contribution in [2.75, 3.05) is 0 Å². The van der Waals surface area contributed by atoms with E-state index in [0.29, 0.717) is 0 Å². The Morgan fingerprint density at radius 3 is 2.57 bits per heavy atom. The minimum Gasteiger partial charge on any atom is -0.481 e. The average Bonchev–Trinajstić information content (AvgIpc) is 2.84. The fourth-order valence-electron chi connectivity index (χ4n) is 1.73. The smallest absolute Gasteiger partial charge is 0.314 e. The van der Waals surface area contributed by atoms with E-state index in [1.807, 2.05) is 25.1 Å². The molecule has 1 aliphatic carbocycles. The molecule has 0 heterocycles. The van der Waals surface area contributed by atoms with Gasteiger partial charge < -0.3 is 5.11 Å². The number of benzene rings is 1. The van der Waals surface area contributed by atoms with Gasteiger partial charge in [-0.1, -0.05) is 28.1 Å². The maximum Gasteiger partial charge on any atom is 0.314 e. The van der Waals surface area contributed by atoms with Crippen LogP contribution in [0.15, 0.2) is 22.7 Å². The van der Waals surface area contributed by atoms with Crippen LogP contribution in [-0.4, -0.2) is 11.1 Å². The lowest BCUT2D eigenvalue weighted by molar-refractivity contribution is -0.140. The van der Waals surface area contributed by atoms with E-state index in [2.05, 4.69) is 15.9 Å². The zero-order valence-corrected chi connectivity index (χ0v) is 9.47. The Morgan fingerprint density at radius 2 is 2.14 bits per heavy atom. The number of halogens is 1. The highest BCUT2D eigenvalue weighted by atomic mass is 79.9. The van der Waals surface area contributed by atoms with Gasteiger partial charge in [-0.25, -0.2) is 0 Å². The van der Waals surface area contributed by atoms with E-state index in [1.165, 1.54) is 0 Å². The maximum atomic E-state index is 11.1. The zero-order valence-electron chi connectivity index (χ0n) is 7.88. The van der Waals surface area contributed by atoms with Gasteiger partial charge in [0.1, 0.15) is 0 Å². The van der Waals surface area contributed by atoms with Gasteiger partial charge >= 0.3 is 5.97 Å². The van der Waals surface area contributed by atoms with Crippen molar-refractivity contribution in [3.05, 3.63) is 33.8 Å². The molecule has 0 aliphatic heterocycles. The molecular weight excluding hydrogens is 244 g/mol. The van der Waals surface area contributed by atoms with Gasteiger partial charge in [0.05, 0.1) is 5.41 Å². The van der Waals surface area contributed by atoms with Gasteiger partial charge in [0, 0.05) is 4.47 Å². The third-order valence-electron chi connectivity index (χ3n) is 2.80. The predicted octanol–water partition coefficient (Wildman–Crippen LogP) is 2.87. The molecule has 0 atom stereocenters. The number of carboxylic acids is 1. The minimum absolute atomic E-state index is 0.605. The number of aryl methyl sites for hydroxylation is 1. The maximum absolute atomic E-state index is 11.1. The highest BCUT2D eigenvalue weighted by Crippen LogP contribution is 2.50. The zero-order chi connectivity index (χ0) is 10.3. The summed E-state index contributed by atoms with van der Waals surface area (Å²) in [7, 11) is 0. The molecule has 1 fully saturated rings. The van der Waals surface area contributed by atoms with Gasteiger partial charge in [-0.05, 0) is 37.0 Å². The average molecular weight is 255 g/mol. The van der Waals surface area contributed by atoms with Gasteiger partial charge in [0.25, 0.3) is 0 Å². The van der Waals surface area contributed by atoms with Crippen LogP contribution in [-0.2, 0) is 10.2 Å². The number of rotatable bonds is 2. The molecule has 1 aromatic carbocycles.